The van der Waals surface area contributed by atoms with Gasteiger partial charge >= 0.3 is 12.1 Å². The van der Waals surface area contributed by atoms with E-state index in [2.05, 4.69) is 10.5 Å². The maximum atomic E-state index is 14.4. The topological polar surface area (TPSA) is 164 Å². The summed E-state index contributed by atoms with van der Waals surface area (Å²) in [6.07, 6.45) is -4.29. The molecular weight excluding hydrogens is 722 g/mol. The van der Waals surface area contributed by atoms with Gasteiger partial charge in [0.25, 0.3) is 0 Å². The number of aliphatic hydroxyl groups is 1. The summed E-state index contributed by atoms with van der Waals surface area (Å²) in [6, 6.07) is 12.6. The lowest BCUT2D eigenvalue weighted by Crippen LogP contribution is -2.59. The number of aliphatic hydroxyl groups excluding tert-OH is 1. The second-order valence-corrected chi connectivity index (χ2v) is 16.8. The van der Waals surface area contributed by atoms with Gasteiger partial charge in [-0.05, 0) is 84.0 Å². The Bertz CT molecular complexity index is 1770. The summed E-state index contributed by atoms with van der Waals surface area (Å²) >= 11 is 0. The highest BCUT2D eigenvalue weighted by atomic mass is 16.7. The molecule has 308 valence electrons. The van der Waals surface area contributed by atoms with Crippen LogP contribution < -0.4 is 10.2 Å². The van der Waals surface area contributed by atoms with E-state index >= 15 is 0 Å². The average Bonchev–Trinajstić information content (AvgIpc) is 3.51. The lowest BCUT2D eigenvalue weighted by atomic mass is 9.75. The van der Waals surface area contributed by atoms with Gasteiger partial charge in [0.05, 0.1) is 49.1 Å². The summed E-state index contributed by atoms with van der Waals surface area (Å²) in [5.74, 6) is -2.37. The van der Waals surface area contributed by atoms with Crippen LogP contribution in [0.4, 0.5) is 4.79 Å². The molecule has 4 heterocycles. The molecule has 0 aliphatic carbocycles. The first-order chi connectivity index (χ1) is 26.5. The van der Waals surface area contributed by atoms with Crippen molar-refractivity contribution >= 4 is 34.3 Å². The molecule has 3 unspecified atom stereocenters. The number of Topliss-reactive ketones (excluding diaryl/α,β-unsaturated/α-hetero) is 1. The molecule has 2 N–H and O–H groups in total. The number of nitrogens with zero attached hydrogens (tertiary/aromatic N) is 2. The van der Waals surface area contributed by atoms with Crippen LogP contribution in [-0.4, -0.2) is 121 Å². The van der Waals surface area contributed by atoms with Gasteiger partial charge in [0.1, 0.15) is 23.7 Å². The molecule has 0 aromatic heterocycles. The summed E-state index contributed by atoms with van der Waals surface area (Å²) in [7, 11) is 3.80. The third-order valence-electron chi connectivity index (χ3n) is 12.3. The molecule has 4 aliphatic heterocycles. The van der Waals surface area contributed by atoms with Gasteiger partial charge in [-0.15, -0.1) is 0 Å². The molecule has 4 saturated heterocycles. The number of hydrogen-bond acceptors (Lipinski definition) is 13. The van der Waals surface area contributed by atoms with Crippen LogP contribution in [-0.2, 0) is 38.0 Å². The number of alkyl carbamates (subject to hydrolysis) is 1. The van der Waals surface area contributed by atoms with Crippen LogP contribution >= 0.6 is 0 Å². The number of amides is 1. The van der Waals surface area contributed by atoms with Gasteiger partial charge < -0.3 is 48.6 Å². The van der Waals surface area contributed by atoms with Gasteiger partial charge in [-0.25, -0.2) is 4.79 Å². The maximum Gasteiger partial charge on any atom is 0.408 e. The monoisotopic (exact) mass is 781 g/mol. The molecule has 14 heteroatoms. The first kappa shape index (κ1) is 42.0. The van der Waals surface area contributed by atoms with Crippen molar-refractivity contribution in [2.45, 2.75) is 134 Å². The zero-order valence-corrected chi connectivity index (χ0v) is 34.1. The van der Waals surface area contributed by atoms with E-state index in [9.17, 15) is 19.5 Å². The lowest BCUT2D eigenvalue weighted by molar-refractivity contribution is -0.294. The summed E-state index contributed by atoms with van der Waals surface area (Å²) in [6.45, 7) is 12.6. The smallest absolute Gasteiger partial charge is 0.408 e. The molecule has 4 aliphatic rings. The number of likely N-dealkylation sites (N-methyl/N-ethyl adjacent to an activating group) is 1. The van der Waals surface area contributed by atoms with Crippen LogP contribution in [0.25, 0.3) is 10.8 Å². The van der Waals surface area contributed by atoms with E-state index in [0.717, 1.165) is 10.8 Å². The molecule has 0 spiro atoms. The van der Waals surface area contributed by atoms with E-state index in [4.69, 9.17) is 33.3 Å². The van der Waals surface area contributed by atoms with E-state index in [-0.39, 0.29) is 44.0 Å². The first-order valence-electron chi connectivity index (χ1n) is 19.9. The molecular formula is C42H59N3O11. The number of benzene rings is 2. The van der Waals surface area contributed by atoms with Crippen LogP contribution in [0, 0.1) is 17.8 Å². The van der Waals surface area contributed by atoms with Crippen molar-refractivity contribution in [2.75, 3.05) is 27.3 Å². The Balaban J connectivity index is 1.40. The van der Waals surface area contributed by atoms with Gasteiger partial charge in [-0.3, -0.25) is 9.59 Å². The molecule has 6 rings (SSSR count). The number of oxime groups is 1. The van der Waals surface area contributed by atoms with Gasteiger partial charge in [0.15, 0.2) is 17.6 Å². The fourth-order valence-electron chi connectivity index (χ4n) is 8.84. The molecule has 1 amide bonds. The first-order valence-corrected chi connectivity index (χ1v) is 19.9. The van der Waals surface area contributed by atoms with Crippen molar-refractivity contribution in [2.24, 2.45) is 22.9 Å². The molecule has 0 radical (unpaired) electrons. The Hall–Kier alpha value is -3.66. The van der Waals surface area contributed by atoms with Crippen LogP contribution in [0.2, 0.25) is 0 Å². The van der Waals surface area contributed by atoms with Gasteiger partial charge in [-0.2, -0.15) is 0 Å². The summed E-state index contributed by atoms with van der Waals surface area (Å²) in [5, 5.41) is 21.0. The molecule has 2 bridgehead atoms. The highest BCUT2D eigenvalue weighted by Crippen LogP contribution is 2.40. The predicted molar refractivity (Wildman–Crippen MR) is 207 cm³/mol. The molecule has 56 heavy (non-hydrogen) atoms. The van der Waals surface area contributed by atoms with Gasteiger partial charge in [0, 0.05) is 24.3 Å². The highest BCUT2D eigenvalue weighted by Gasteiger charge is 2.57. The standard InChI is InChI=1S/C42H59N3O11/c1-10-33-42(7)37(43-40(49)55-42)26(5)35(46)23(2)20-41(6)34(54-39-36(47)31(45(8)9)17-24(3)52-39)19-32(25(4)38(48)53-33)50-21-29(22-51-41)44-56-30-16-15-27-13-11-12-14-28(27)18-30/h11-16,18,23-26,31-34,36-37,39,47H,10,17,19-22H2,1-9H3,(H,43,49)/b44-29+/t23-,24-,25-,26+,31+,32-,33-,34-,36-,37?,39?,41+,42?/m1/s1. The fourth-order valence-corrected chi connectivity index (χ4v) is 8.84. The van der Waals surface area contributed by atoms with E-state index in [1.54, 1.807) is 20.8 Å². The molecule has 2 aromatic rings. The number of rotatable bonds is 6. The van der Waals surface area contributed by atoms with E-state index in [0.29, 0.717) is 24.3 Å². The SMILES string of the molecule is CC[C@H]1OC(=O)[C@H](C)[C@H]2C[C@@H](OC3O[C@H](C)C[C@H](N(C)C)[C@H]3O)[C@](C)(C[C@@H](C)C(=O)[C@H](C)C3NC(=O)OC31C)OC/C(=N/Oc1ccc3ccccc3c1)CO2. The Morgan fingerprint density at radius 1 is 0.982 bits per heavy atom. The Morgan fingerprint density at radius 3 is 2.43 bits per heavy atom. The number of ketones is 1. The summed E-state index contributed by atoms with van der Waals surface area (Å²) < 4.78 is 38.4. The minimum Gasteiger partial charge on any atom is -0.458 e. The summed E-state index contributed by atoms with van der Waals surface area (Å²) in [4.78, 5) is 49.3. The number of esters is 1. The Kier molecular flexibility index (Phi) is 12.8. The van der Waals surface area contributed by atoms with Crippen LogP contribution in [0.15, 0.2) is 47.6 Å². The van der Waals surface area contributed by atoms with Crippen molar-refractivity contribution in [3.8, 4) is 5.75 Å². The summed E-state index contributed by atoms with van der Waals surface area (Å²) in [5.41, 5.74) is -2.13. The molecule has 2 aromatic carbocycles. The van der Waals surface area contributed by atoms with E-state index < -0.39 is 77.8 Å². The second kappa shape index (κ2) is 17.1. The van der Waals surface area contributed by atoms with E-state index in [1.165, 1.54) is 0 Å². The Morgan fingerprint density at radius 2 is 1.71 bits per heavy atom. The molecule has 14 nitrogen and oxygen atoms in total. The van der Waals surface area contributed by atoms with Crippen molar-refractivity contribution in [3.05, 3.63) is 42.5 Å². The third kappa shape index (κ3) is 8.75. The number of carbonyl (C=O) groups excluding carboxylic acids is 3. The van der Waals surface area contributed by atoms with Gasteiger partial charge in [-0.1, -0.05) is 56.3 Å². The van der Waals surface area contributed by atoms with Crippen molar-refractivity contribution in [1.29, 1.82) is 0 Å². The van der Waals surface area contributed by atoms with Crippen molar-refractivity contribution in [1.82, 2.24) is 10.2 Å². The minimum absolute atomic E-state index is 0.0506. The molecule has 13 atom stereocenters. The normalized spacial score (nSPS) is 39.5. The zero-order valence-electron chi connectivity index (χ0n) is 34.1. The maximum absolute atomic E-state index is 14.4. The zero-order chi connectivity index (χ0) is 40.5. The largest absolute Gasteiger partial charge is 0.458 e. The number of nitrogens with one attached hydrogen (secondary N) is 1. The number of cyclic esters (lactones) is 1. The van der Waals surface area contributed by atoms with Crippen LogP contribution in [0.1, 0.15) is 74.1 Å². The number of fused-ring (bicyclic) bond motifs is 5. The van der Waals surface area contributed by atoms with Crippen molar-refractivity contribution in [3.63, 3.8) is 0 Å². The number of ether oxygens (including phenoxy) is 6. The quantitative estimate of drug-likeness (QED) is 0.298. The van der Waals surface area contributed by atoms with Crippen LogP contribution in [0.5, 0.6) is 5.75 Å². The Labute approximate surface area is 329 Å². The van der Waals surface area contributed by atoms with Gasteiger partial charge in [0.2, 0.25) is 0 Å². The third-order valence-corrected chi connectivity index (χ3v) is 12.3. The fraction of sp³-hybridized carbons (Fsp3) is 0.667. The average molecular weight is 782 g/mol. The minimum atomic E-state index is -1.32. The number of carbonyl (C=O) groups is 3. The van der Waals surface area contributed by atoms with Crippen LogP contribution in [0.3, 0.4) is 0 Å². The molecule has 4 fully saturated rings. The highest BCUT2D eigenvalue weighted by molar-refractivity contribution is 5.87. The predicted octanol–water partition coefficient (Wildman–Crippen LogP) is 5.02. The number of hydrogen-bond donors (Lipinski definition) is 2. The van der Waals surface area contributed by atoms with E-state index in [1.807, 2.05) is 89.2 Å². The van der Waals surface area contributed by atoms with Crippen molar-refractivity contribution < 1.29 is 52.7 Å². The molecule has 0 saturated carbocycles. The lowest BCUT2D eigenvalue weighted by Gasteiger charge is -2.46. The second-order valence-electron chi connectivity index (χ2n) is 16.8.